The standard InChI is InChI=1S/C12H16ClF3N2O2S/c1-18(2)7-3-6-17-21(19,20)9-4-5-11(13)10(8-9)12(14,15)16/h4-5,8,17H,3,6-7H2,1-2H3/p+1. The summed E-state index contributed by atoms with van der Waals surface area (Å²) in [6, 6.07) is 2.53. The molecule has 1 aromatic rings. The first-order chi connectivity index (χ1) is 9.54. The van der Waals surface area contributed by atoms with Crippen LogP contribution in [0.4, 0.5) is 13.2 Å². The van der Waals surface area contributed by atoms with Gasteiger partial charge in [0.2, 0.25) is 10.0 Å². The fourth-order valence-electron chi connectivity index (χ4n) is 1.62. The fraction of sp³-hybridized carbons (Fsp3) is 0.500. The van der Waals surface area contributed by atoms with Gasteiger partial charge in [-0.05, 0) is 18.2 Å². The molecular weight excluding hydrogens is 329 g/mol. The minimum Gasteiger partial charge on any atom is -0.340 e. The summed E-state index contributed by atoms with van der Waals surface area (Å²) in [4.78, 5) is 0.705. The number of hydrogen-bond donors (Lipinski definition) is 2. The molecule has 0 fully saturated rings. The molecule has 21 heavy (non-hydrogen) atoms. The van der Waals surface area contributed by atoms with Crippen molar-refractivity contribution in [2.45, 2.75) is 17.5 Å². The minimum absolute atomic E-state index is 0.164. The highest BCUT2D eigenvalue weighted by atomic mass is 35.5. The smallest absolute Gasteiger partial charge is 0.340 e. The van der Waals surface area contributed by atoms with Crippen LogP contribution >= 0.6 is 11.6 Å². The first-order valence-electron chi connectivity index (χ1n) is 6.19. The van der Waals surface area contributed by atoms with Gasteiger partial charge in [0.1, 0.15) is 0 Å². The van der Waals surface area contributed by atoms with Gasteiger partial charge < -0.3 is 4.90 Å². The maximum atomic E-state index is 12.7. The molecule has 0 bridgehead atoms. The third-order valence-electron chi connectivity index (χ3n) is 2.70. The molecule has 1 aromatic carbocycles. The summed E-state index contributed by atoms with van der Waals surface area (Å²) in [7, 11) is -0.136. The SMILES string of the molecule is C[NH+](C)CCCNS(=O)(=O)c1ccc(Cl)c(C(F)(F)F)c1. The van der Waals surface area contributed by atoms with E-state index in [1.165, 1.54) is 0 Å². The van der Waals surface area contributed by atoms with E-state index in [0.29, 0.717) is 12.5 Å². The second kappa shape index (κ2) is 6.95. The van der Waals surface area contributed by atoms with Crippen LogP contribution in [-0.4, -0.2) is 35.6 Å². The Morgan fingerprint density at radius 2 is 1.90 bits per heavy atom. The van der Waals surface area contributed by atoms with Gasteiger partial charge in [0.15, 0.2) is 0 Å². The minimum atomic E-state index is -4.70. The Balaban J connectivity index is 2.89. The summed E-state index contributed by atoms with van der Waals surface area (Å²) in [6.45, 7) is 0.911. The largest absolute Gasteiger partial charge is 0.417 e. The van der Waals surface area contributed by atoms with Crippen molar-refractivity contribution in [3.05, 3.63) is 28.8 Å². The number of sulfonamides is 1. The van der Waals surface area contributed by atoms with Crippen LogP contribution in [0, 0.1) is 0 Å². The summed E-state index contributed by atoms with van der Waals surface area (Å²) < 4.78 is 64.3. The highest BCUT2D eigenvalue weighted by Gasteiger charge is 2.34. The third kappa shape index (κ3) is 5.46. The lowest BCUT2D eigenvalue weighted by Gasteiger charge is -2.12. The lowest BCUT2D eigenvalue weighted by atomic mass is 10.2. The van der Waals surface area contributed by atoms with Crippen LogP contribution in [0.5, 0.6) is 0 Å². The van der Waals surface area contributed by atoms with Gasteiger partial charge in [0.05, 0.1) is 36.1 Å². The zero-order valence-electron chi connectivity index (χ0n) is 11.6. The number of halogens is 4. The van der Waals surface area contributed by atoms with E-state index in [1.54, 1.807) is 0 Å². The average Bonchev–Trinajstić information content (AvgIpc) is 2.33. The topological polar surface area (TPSA) is 50.6 Å². The van der Waals surface area contributed by atoms with E-state index in [0.717, 1.165) is 23.6 Å². The molecule has 2 N–H and O–H groups in total. The molecule has 9 heteroatoms. The van der Waals surface area contributed by atoms with Gasteiger partial charge in [-0.2, -0.15) is 13.2 Å². The maximum absolute atomic E-state index is 12.7. The van der Waals surface area contributed by atoms with Crippen molar-refractivity contribution >= 4 is 21.6 Å². The first kappa shape index (κ1) is 18.2. The van der Waals surface area contributed by atoms with Gasteiger partial charge in [-0.15, -0.1) is 0 Å². The van der Waals surface area contributed by atoms with Crippen molar-refractivity contribution in [3.63, 3.8) is 0 Å². The van der Waals surface area contributed by atoms with Gasteiger partial charge in [-0.3, -0.25) is 0 Å². The van der Waals surface area contributed by atoms with E-state index in [2.05, 4.69) is 4.72 Å². The lowest BCUT2D eigenvalue weighted by molar-refractivity contribution is -0.858. The average molecular weight is 346 g/mol. The molecule has 0 heterocycles. The molecule has 4 nitrogen and oxygen atoms in total. The molecule has 0 saturated carbocycles. The monoisotopic (exact) mass is 345 g/mol. The molecule has 0 aromatic heterocycles. The van der Waals surface area contributed by atoms with E-state index in [9.17, 15) is 21.6 Å². The number of quaternary nitrogens is 1. The summed E-state index contributed by atoms with van der Waals surface area (Å²) in [6.07, 6.45) is -4.11. The van der Waals surface area contributed by atoms with Crippen LogP contribution in [0.1, 0.15) is 12.0 Å². The van der Waals surface area contributed by atoms with Crippen LogP contribution in [-0.2, 0) is 16.2 Å². The van der Waals surface area contributed by atoms with Crippen molar-refractivity contribution in [2.24, 2.45) is 0 Å². The molecule has 1 rings (SSSR count). The number of rotatable bonds is 6. The molecular formula is C12H17ClF3N2O2S+. The van der Waals surface area contributed by atoms with E-state index >= 15 is 0 Å². The van der Waals surface area contributed by atoms with Crippen LogP contribution in [0.3, 0.4) is 0 Å². The summed E-state index contributed by atoms with van der Waals surface area (Å²) in [5.74, 6) is 0. The Kier molecular flexibility index (Phi) is 6.03. The number of nitrogens with one attached hydrogen (secondary N) is 2. The van der Waals surface area contributed by atoms with Gasteiger partial charge in [-0.25, -0.2) is 13.1 Å². The van der Waals surface area contributed by atoms with Gasteiger partial charge in [-0.1, -0.05) is 11.6 Å². The Bertz CT molecular complexity index is 589. The molecule has 0 amide bonds. The van der Waals surface area contributed by atoms with Crippen LogP contribution in [0.15, 0.2) is 23.1 Å². The lowest BCUT2D eigenvalue weighted by Crippen LogP contribution is -3.05. The van der Waals surface area contributed by atoms with Crippen molar-refractivity contribution in [3.8, 4) is 0 Å². The second-order valence-electron chi connectivity index (χ2n) is 4.85. The molecule has 0 saturated heterocycles. The highest BCUT2D eigenvalue weighted by molar-refractivity contribution is 7.89. The van der Waals surface area contributed by atoms with Crippen molar-refractivity contribution in [2.75, 3.05) is 27.2 Å². The number of hydrogen-bond acceptors (Lipinski definition) is 2. The first-order valence-corrected chi connectivity index (χ1v) is 8.05. The highest BCUT2D eigenvalue weighted by Crippen LogP contribution is 2.35. The van der Waals surface area contributed by atoms with E-state index in [4.69, 9.17) is 11.6 Å². The number of benzene rings is 1. The van der Waals surface area contributed by atoms with Crippen molar-refractivity contribution in [1.29, 1.82) is 0 Å². The molecule has 120 valence electrons. The Morgan fingerprint density at radius 1 is 1.29 bits per heavy atom. The van der Waals surface area contributed by atoms with Gasteiger partial charge in [0.25, 0.3) is 0 Å². The van der Waals surface area contributed by atoms with E-state index in [1.807, 2.05) is 14.1 Å². The molecule has 0 atom stereocenters. The van der Waals surface area contributed by atoms with Crippen LogP contribution in [0.25, 0.3) is 0 Å². The van der Waals surface area contributed by atoms with E-state index < -0.39 is 31.7 Å². The Labute approximate surface area is 126 Å². The predicted octanol–water partition coefficient (Wildman–Crippen LogP) is 1.17. The molecule has 0 aliphatic rings. The van der Waals surface area contributed by atoms with Crippen molar-refractivity contribution < 1.29 is 26.5 Å². The second-order valence-corrected chi connectivity index (χ2v) is 7.02. The predicted molar refractivity (Wildman–Crippen MR) is 73.9 cm³/mol. The quantitative estimate of drug-likeness (QED) is 0.761. The Morgan fingerprint density at radius 3 is 2.43 bits per heavy atom. The maximum Gasteiger partial charge on any atom is 0.417 e. The normalized spacial score (nSPS) is 12.9. The fourth-order valence-corrected chi connectivity index (χ4v) is 2.95. The summed E-state index contributed by atoms with van der Waals surface area (Å²) in [5, 5.41) is -0.530. The summed E-state index contributed by atoms with van der Waals surface area (Å²) in [5.41, 5.74) is -1.16. The Hall–Kier alpha value is -0.830. The van der Waals surface area contributed by atoms with Crippen LogP contribution in [0.2, 0.25) is 5.02 Å². The number of alkyl halides is 3. The zero-order valence-corrected chi connectivity index (χ0v) is 13.2. The van der Waals surface area contributed by atoms with E-state index in [-0.39, 0.29) is 6.54 Å². The molecule has 0 radical (unpaired) electrons. The molecule has 0 aliphatic heterocycles. The summed E-state index contributed by atoms with van der Waals surface area (Å²) >= 11 is 5.45. The van der Waals surface area contributed by atoms with Gasteiger partial charge in [0, 0.05) is 13.0 Å². The molecule has 0 aliphatic carbocycles. The molecule has 0 spiro atoms. The van der Waals surface area contributed by atoms with Crippen LogP contribution < -0.4 is 9.62 Å². The third-order valence-corrected chi connectivity index (χ3v) is 4.49. The zero-order chi connectivity index (χ0) is 16.3. The molecule has 0 unspecified atom stereocenters. The van der Waals surface area contributed by atoms with Crippen molar-refractivity contribution in [1.82, 2.24) is 4.72 Å². The van der Waals surface area contributed by atoms with Gasteiger partial charge >= 0.3 is 6.18 Å².